The van der Waals surface area contributed by atoms with E-state index in [1.807, 2.05) is 0 Å². The molecule has 1 saturated heterocycles. The molecule has 3 atom stereocenters. The summed E-state index contributed by atoms with van der Waals surface area (Å²) in [7, 11) is 1.53. The van der Waals surface area contributed by atoms with E-state index in [1.165, 1.54) is 11.7 Å². The fourth-order valence-electron chi connectivity index (χ4n) is 4.67. The van der Waals surface area contributed by atoms with Gasteiger partial charge < -0.3 is 9.47 Å². The normalized spacial score (nSPS) is 20.5. The number of ether oxygens (including phenoxy) is 2. The lowest BCUT2D eigenvalue weighted by Gasteiger charge is -2.31. The van der Waals surface area contributed by atoms with Crippen molar-refractivity contribution in [2.75, 3.05) is 18.6 Å². The first kappa shape index (κ1) is 25.8. The van der Waals surface area contributed by atoms with Gasteiger partial charge in [0.1, 0.15) is 17.5 Å². The summed E-state index contributed by atoms with van der Waals surface area (Å²) in [6.07, 6.45) is 0. The number of carbonyl (C=O) groups is 3. The number of hydrogen-bond acceptors (Lipinski definition) is 8. The molecule has 0 N–H and O–H groups in total. The quantitative estimate of drug-likeness (QED) is 0.312. The summed E-state index contributed by atoms with van der Waals surface area (Å²) < 4.78 is 11.5. The largest absolute Gasteiger partial charge is 0.497 e. The summed E-state index contributed by atoms with van der Waals surface area (Å²) in [5, 5.41) is 0.136. The molecule has 8 nitrogen and oxygen atoms in total. The molecule has 2 aromatic carbocycles. The number of aromatic nitrogens is 1. The molecule has 1 fully saturated rings. The number of halogens is 2. The van der Waals surface area contributed by atoms with Crippen molar-refractivity contribution in [2.45, 2.75) is 29.7 Å². The number of carbonyl (C=O) groups excluding carboxylic acids is 3. The van der Waals surface area contributed by atoms with Gasteiger partial charge in [-0.25, -0.2) is 4.90 Å². The Kier molecular flexibility index (Phi) is 7.10. The molecule has 3 unspecified atom stereocenters. The molecule has 3 aromatic rings. The van der Waals surface area contributed by atoms with Crippen molar-refractivity contribution in [3.8, 4) is 5.75 Å². The Morgan fingerprint density at radius 3 is 2.46 bits per heavy atom. The fraction of sp³-hybridized carbons (Fsp3) is 0.280. The summed E-state index contributed by atoms with van der Waals surface area (Å²) in [5.74, 6) is -2.36. The van der Waals surface area contributed by atoms with Crippen LogP contribution in [0.25, 0.3) is 0 Å². The Balaban J connectivity index is 1.66. The highest BCUT2D eigenvalue weighted by Crippen LogP contribution is 2.55. The molecular weight excluding hydrogens is 559 g/mol. The first-order valence-corrected chi connectivity index (χ1v) is 13.7. The van der Waals surface area contributed by atoms with Crippen molar-refractivity contribution in [2.24, 2.45) is 5.92 Å². The summed E-state index contributed by atoms with van der Waals surface area (Å²) in [5.41, 5.74) is 0.946. The molecule has 0 spiro atoms. The average molecular weight is 579 g/mol. The summed E-state index contributed by atoms with van der Waals surface area (Å²) in [6.45, 7) is 1.54. The highest BCUT2D eigenvalue weighted by molar-refractivity contribution is 8.00. The highest BCUT2D eigenvalue weighted by Gasteiger charge is 2.57. The second-order valence-corrected chi connectivity index (χ2v) is 11.2. The number of benzene rings is 2. The van der Waals surface area contributed by atoms with Crippen molar-refractivity contribution in [3.05, 3.63) is 72.6 Å². The molecule has 2 aliphatic heterocycles. The first-order chi connectivity index (χ1) is 17.8. The van der Waals surface area contributed by atoms with Gasteiger partial charge >= 0.3 is 10.8 Å². The number of imide groups is 1. The summed E-state index contributed by atoms with van der Waals surface area (Å²) in [4.78, 5) is 54.2. The maximum Gasteiger partial charge on any atom is 0.326 e. The standard InChI is InChI=1S/C25H20Cl2N2O6S2/c1-3-35-16(30)11-28-24-21(37-25(28)33)17(14-5-4-6-15(26)19(14)27)18-20(36-24)23(32)29(22(18)31)12-7-9-13(34-2)10-8-12/h4-10,17-18,20H,3,11H2,1-2H3. The van der Waals surface area contributed by atoms with E-state index in [2.05, 4.69) is 0 Å². The van der Waals surface area contributed by atoms with Crippen LogP contribution in [0.15, 0.2) is 52.3 Å². The topological polar surface area (TPSA) is 94.9 Å². The van der Waals surface area contributed by atoms with Crippen molar-refractivity contribution >= 4 is 69.8 Å². The molecule has 1 aromatic heterocycles. The lowest BCUT2D eigenvalue weighted by molar-refractivity contribution is -0.144. The number of thioether (sulfide) groups is 1. The second kappa shape index (κ2) is 10.2. The third-order valence-electron chi connectivity index (χ3n) is 6.29. The van der Waals surface area contributed by atoms with Gasteiger partial charge in [-0.2, -0.15) is 0 Å². The number of hydrogen-bond donors (Lipinski definition) is 0. The minimum absolute atomic E-state index is 0.169. The molecule has 0 saturated carbocycles. The van der Waals surface area contributed by atoms with Crippen LogP contribution in [0.3, 0.4) is 0 Å². The number of anilines is 1. The molecule has 0 radical (unpaired) electrons. The number of methoxy groups -OCH3 is 1. The van der Waals surface area contributed by atoms with E-state index in [4.69, 9.17) is 32.7 Å². The van der Waals surface area contributed by atoms with Gasteiger partial charge in [-0.05, 0) is 42.8 Å². The van der Waals surface area contributed by atoms with E-state index >= 15 is 0 Å². The van der Waals surface area contributed by atoms with Gasteiger partial charge in [-0.15, -0.1) is 0 Å². The van der Waals surface area contributed by atoms with Gasteiger partial charge in [0.15, 0.2) is 0 Å². The molecular formula is C25H20Cl2N2O6S2. The number of esters is 1. The molecule has 12 heteroatoms. The minimum Gasteiger partial charge on any atom is -0.497 e. The molecule has 37 heavy (non-hydrogen) atoms. The summed E-state index contributed by atoms with van der Waals surface area (Å²) >= 11 is 15.0. The lowest BCUT2D eigenvalue weighted by Crippen LogP contribution is -2.33. The maximum atomic E-state index is 13.9. The van der Waals surface area contributed by atoms with Crippen LogP contribution in [0.2, 0.25) is 10.0 Å². The van der Waals surface area contributed by atoms with Crippen molar-refractivity contribution < 1.29 is 23.9 Å². The number of nitrogens with zero attached hydrogens (tertiary/aromatic N) is 2. The van der Waals surface area contributed by atoms with E-state index in [0.717, 1.165) is 28.0 Å². The highest BCUT2D eigenvalue weighted by atomic mass is 35.5. The third kappa shape index (κ3) is 4.35. The van der Waals surface area contributed by atoms with Crippen LogP contribution in [-0.2, 0) is 25.7 Å². The smallest absolute Gasteiger partial charge is 0.326 e. The van der Waals surface area contributed by atoms with Gasteiger partial charge in [-0.3, -0.25) is 23.7 Å². The minimum atomic E-state index is -0.843. The van der Waals surface area contributed by atoms with Gasteiger partial charge in [0, 0.05) is 10.8 Å². The third-order valence-corrected chi connectivity index (χ3v) is 9.73. The molecule has 2 aliphatic rings. The number of amides is 2. The fourth-order valence-corrected chi connectivity index (χ4v) is 7.86. The van der Waals surface area contributed by atoms with Gasteiger partial charge in [0.25, 0.3) is 0 Å². The van der Waals surface area contributed by atoms with Crippen LogP contribution in [-0.4, -0.2) is 41.3 Å². The Labute approximate surface area is 230 Å². The van der Waals surface area contributed by atoms with Crippen molar-refractivity contribution in [3.63, 3.8) is 0 Å². The van der Waals surface area contributed by atoms with E-state index in [1.54, 1.807) is 49.4 Å². The maximum absolute atomic E-state index is 13.9. The SMILES string of the molecule is CCOC(=O)Cn1c2c(sc1=O)C(c1cccc(Cl)c1Cl)C1C(=O)N(c3ccc(OC)cc3)C(=O)C1S2. The number of fused-ring (bicyclic) bond motifs is 2. The zero-order chi connectivity index (χ0) is 26.4. The number of rotatable bonds is 6. The molecule has 3 heterocycles. The van der Waals surface area contributed by atoms with E-state index in [0.29, 0.717) is 26.9 Å². The van der Waals surface area contributed by atoms with Crippen LogP contribution in [0, 0.1) is 5.92 Å². The van der Waals surface area contributed by atoms with E-state index < -0.39 is 34.9 Å². The van der Waals surface area contributed by atoms with Crippen LogP contribution >= 0.6 is 46.3 Å². The predicted molar refractivity (Wildman–Crippen MR) is 142 cm³/mol. The van der Waals surface area contributed by atoms with Crippen LogP contribution in [0.4, 0.5) is 5.69 Å². The lowest BCUT2D eigenvalue weighted by atomic mass is 9.83. The van der Waals surface area contributed by atoms with E-state index in [9.17, 15) is 19.2 Å². The van der Waals surface area contributed by atoms with Gasteiger partial charge in [0.05, 0.1) is 40.4 Å². The van der Waals surface area contributed by atoms with Crippen LogP contribution in [0.5, 0.6) is 5.75 Å². The van der Waals surface area contributed by atoms with Gasteiger partial charge in [0.2, 0.25) is 11.8 Å². The van der Waals surface area contributed by atoms with Crippen LogP contribution in [0.1, 0.15) is 23.3 Å². The molecule has 2 amide bonds. The Morgan fingerprint density at radius 2 is 1.78 bits per heavy atom. The zero-order valence-corrected chi connectivity index (χ0v) is 22.7. The zero-order valence-electron chi connectivity index (χ0n) is 19.6. The monoisotopic (exact) mass is 578 g/mol. The number of thiazole rings is 1. The van der Waals surface area contributed by atoms with Gasteiger partial charge in [-0.1, -0.05) is 58.4 Å². The molecule has 0 bridgehead atoms. The molecule has 192 valence electrons. The average Bonchev–Trinajstić information content (AvgIpc) is 3.32. The first-order valence-electron chi connectivity index (χ1n) is 11.3. The Bertz CT molecular complexity index is 1470. The van der Waals surface area contributed by atoms with Crippen molar-refractivity contribution in [1.29, 1.82) is 0 Å². The van der Waals surface area contributed by atoms with Crippen molar-refractivity contribution in [1.82, 2.24) is 4.57 Å². The second-order valence-electron chi connectivity index (χ2n) is 8.32. The van der Waals surface area contributed by atoms with E-state index in [-0.39, 0.29) is 28.1 Å². The Hall–Kier alpha value is -2.79. The molecule has 0 aliphatic carbocycles. The Morgan fingerprint density at radius 1 is 1.05 bits per heavy atom. The van der Waals surface area contributed by atoms with Crippen LogP contribution < -0.4 is 14.5 Å². The predicted octanol–water partition coefficient (Wildman–Crippen LogP) is 4.58. The summed E-state index contributed by atoms with van der Waals surface area (Å²) in [6, 6.07) is 11.7. The molecule has 5 rings (SSSR count).